The molecule has 3 aromatic rings. The summed E-state index contributed by atoms with van der Waals surface area (Å²) in [4.78, 5) is 16.8. The third-order valence-corrected chi connectivity index (χ3v) is 3.98. The van der Waals surface area contributed by atoms with Crippen LogP contribution in [-0.4, -0.2) is 20.7 Å². The molecule has 0 radical (unpaired) electrons. The van der Waals surface area contributed by atoms with Crippen LogP contribution in [0.1, 0.15) is 48.3 Å². The molecule has 0 fully saturated rings. The molecule has 0 spiro atoms. The van der Waals surface area contributed by atoms with Crippen molar-refractivity contribution in [2.75, 3.05) is 0 Å². The minimum Gasteiger partial charge on any atom is -0.341 e. The van der Waals surface area contributed by atoms with Gasteiger partial charge in [0.2, 0.25) is 0 Å². The summed E-state index contributed by atoms with van der Waals surface area (Å²) in [5.41, 5.74) is 2.38. The Balaban J connectivity index is 1.88. The predicted octanol–water partition coefficient (Wildman–Crippen LogP) is 3.55. The second-order valence-corrected chi connectivity index (χ2v) is 6.94. The lowest BCUT2D eigenvalue weighted by atomic mass is 9.99. The number of aromatic nitrogens is 3. The summed E-state index contributed by atoms with van der Waals surface area (Å²) in [6.45, 7) is 6.14. The van der Waals surface area contributed by atoms with Crippen LogP contribution in [-0.2, 0) is 5.54 Å². The van der Waals surface area contributed by atoms with Gasteiger partial charge in [-0.05, 0) is 44.0 Å². The van der Waals surface area contributed by atoms with Crippen molar-refractivity contribution in [1.82, 2.24) is 20.1 Å². The molecule has 0 unspecified atom stereocenters. The number of hydrogen-bond acceptors (Lipinski definition) is 3. The number of carbonyl (C=O) groups excluding carboxylic acids is 1. The Morgan fingerprint density at radius 2 is 1.68 bits per heavy atom. The fourth-order valence-electron chi connectivity index (χ4n) is 2.58. The van der Waals surface area contributed by atoms with Crippen molar-refractivity contribution in [3.05, 3.63) is 83.9 Å². The first kappa shape index (κ1) is 16.9. The monoisotopic (exact) mass is 334 g/mol. The summed E-state index contributed by atoms with van der Waals surface area (Å²) >= 11 is 0. The molecule has 1 N–H and O–H groups in total. The van der Waals surface area contributed by atoms with Crippen LogP contribution in [0, 0.1) is 0 Å². The number of pyridine rings is 1. The molecule has 1 amide bonds. The number of rotatable bonds is 4. The molecule has 0 aliphatic heterocycles. The maximum absolute atomic E-state index is 12.8. The second kappa shape index (κ2) is 6.89. The Morgan fingerprint density at radius 1 is 1.04 bits per heavy atom. The molecule has 0 saturated carbocycles. The van der Waals surface area contributed by atoms with Gasteiger partial charge in [-0.2, -0.15) is 5.10 Å². The van der Waals surface area contributed by atoms with Gasteiger partial charge in [-0.3, -0.25) is 14.5 Å². The van der Waals surface area contributed by atoms with Gasteiger partial charge in [0.25, 0.3) is 5.91 Å². The van der Waals surface area contributed by atoms with E-state index in [1.54, 1.807) is 29.5 Å². The first-order valence-corrected chi connectivity index (χ1v) is 8.26. The zero-order valence-electron chi connectivity index (χ0n) is 14.7. The number of amides is 1. The van der Waals surface area contributed by atoms with Gasteiger partial charge in [-0.1, -0.05) is 30.3 Å². The fraction of sp³-hybridized carbons (Fsp3) is 0.250. The van der Waals surface area contributed by atoms with E-state index in [1.165, 1.54) is 0 Å². The van der Waals surface area contributed by atoms with E-state index in [9.17, 15) is 4.79 Å². The average molecular weight is 334 g/mol. The lowest BCUT2D eigenvalue weighted by molar-refractivity contribution is 0.0942. The Hall–Kier alpha value is -2.95. The first-order valence-electron chi connectivity index (χ1n) is 8.26. The Morgan fingerprint density at radius 3 is 2.28 bits per heavy atom. The van der Waals surface area contributed by atoms with E-state index in [0.717, 1.165) is 11.1 Å². The normalized spacial score (nSPS) is 12.6. The van der Waals surface area contributed by atoms with Gasteiger partial charge in [0.05, 0.1) is 23.3 Å². The summed E-state index contributed by atoms with van der Waals surface area (Å²) in [6.07, 6.45) is 6.85. The van der Waals surface area contributed by atoms with Gasteiger partial charge < -0.3 is 5.32 Å². The maximum Gasteiger partial charge on any atom is 0.255 e. The van der Waals surface area contributed by atoms with Crippen LogP contribution in [0.3, 0.4) is 0 Å². The number of nitrogens with zero attached hydrogens (tertiary/aromatic N) is 3. The topological polar surface area (TPSA) is 59.8 Å². The van der Waals surface area contributed by atoms with E-state index >= 15 is 0 Å². The predicted molar refractivity (Wildman–Crippen MR) is 97.2 cm³/mol. The van der Waals surface area contributed by atoms with Crippen LogP contribution in [0.5, 0.6) is 0 Å². The highest BCUT2D eigenvalue weighted by Crippen LogP contribution is 2.22. The van der Waals surface area contributed by atoms with Crippen molar-refractivity contribution in [3.63, 3.8) is 0 Å². The zero-order valence-corrected chi connectivity index (χ0v) is 14.7. The van der Waals surface area contributed by atoms with Gasteiger partial charge in [-0.25, -0.2) is 0 Å². The molecule has 0 bridgehead atoms. The summed E-state index contributed by atoms with van der Waals surface area (Å²) in [5, 5.41) is 7.42. The molecule has 0 aliphatic rings. The summed E-state index contributed by atoms with van der Waals surface area (Å²) in [6, 6.07) is 13.5. The van der Waals surface area contributed by atoms with E-state index < -0.39 is 0 Å². The molecule has 128 valence electrons. The third-order valence-electron chi connectivity index (χ3n) is 3.98. The standard InChI is InChI=1S/C20H22N4O/c1-20(2,3)24-14-17(13-22-24)19(25)23-18(15-7-5-4-6-8-15)16-9-11-21-12-10-16/h4-14,18H,1-3H3,(H,23,25)/t18-/m0/s1. The quantitative estimate of drug-likeness (QED) is 0.794. The highest BCUT2D eigenvalue weighted by Gasteiger charge is 2.20. The largest absolute Gasteiger partial charge is 0.341 e. The van der Waals surface area contributed by atoms with Crippen LogP contribution < -0.4 is 5.32 Å². The highest BCUT2D eigenvalue weighted by atomic mass is 16.1. The molecule has 1 aromatic carbocycles. The molecule has 2 heterocycles. The highest BCUT2D eigenvalue weighted by molar-refractivity contribution is 5.94. The first-order chi connectivity index (χ1) is 11.9. The molecule has 3 rings (SSSR count). The Kier molecular flexibility index (Phi) is 4.65. The molecular formula is C20H22N4O. The fourth-order valence-corrected chi connectivity index (χ4v) is 2.58. The number of carbonyl (C=O) groups is 1. The molecule has 2 aromatic heterocycles. The lowest BCUT2D eigenvalue weighted by Crippen LogP contribution is -2.29. The van der Waals surface area contributed by atoms with Crippen LogP contribution in [0.15, 0.2) is 67.3 Å². The van der Waals surface area contributed by atoms with E-state index in [4.69, 9.17) is 0 Å². The molecule has 25 heavy (non-hydrogen) atoms. The van der Waals surface area contributed by atoms with Crippen molar-refractivity contribution < 1.29 is 4.79 Å². The Bertz CT molecular complexity index is 795. The smallest absolute Gasteiger partial charge is 0.255 e. The Labute approximate surface area is 147 Å². The van der Waals surface area contributed by atoms with Gasteiger partial charge in [0, 0.05) is 18.6 Å². The number of benzene rings is 1. The van der Waals surface area contributed by atoms with E-state index in [1.807, 2.05) is 63.2 Å². The van der Waals surface area contributed by atoms with Gasteiger partial charge >= 0.3 is 0 Å². The van der Waals surface area contributed by atoms with Crippen LogP contribution in [0.4, 0.5) is 0 Å². The van der Waals surface area contributed by atoms with Gasteiger partial charge in [0.15, 0.2) is 0 Å². The number of hydrogen-bond donors (Lipinski definition) is 1. The molecule has 0 saturated heterocycles. The van der Waals surface area contributed by atoms with Crippen molar-refractivity contribution in [1.29, 1.82) is 0 Å². The van der Waals surface area contributed by atoms with Crippen LogP contribution in [0.2, 0.25) is 0 Å². The van der Waals surface area contributed by atoms with Crippen molar-refractivity contribution in [2.24, 2.45) is 0 Å². The molecule has 1 atom stereocenters. The SMILES string of the molecule is CC(C)(C)n1cc(C(=O)N[C@@H](c2ccccc2)c2ccncc2)cn1. The molecular weight excluding hydrogens is 312 g/mol. The summed E-state index contributed by atoms with van der Waals surface area (Å²) < 4.78 is 1.80. The second-order valence-electron chi connectivity index (χ2n) is 6.94. The zero-order chi connectivity index (χ0) is 17.9. The van der Waals surface area contributed by atoms with E-state index in [-0.39, 0.29) is 17.5 Å². The van der Waals surface area contributed by atoms with E-state index in [2.05, 4.69) is 15.4 Å². The van der Waals surface area contributed by atoms with Gasteiger partial charge in [-0.15, -0.1) is 0 Å². The molecule has 0 aliphatic carbocycles. The lowest BCUT2D eigenvalue weighted by Gasteiger charge is -2.20. The summed E-state index contributed by atoms with van der Waals surface area (Å²) in [5.74, 6) is -0.152. The van der Waals surface area contributed by atoms with Crippen LogP contribution >= 0.6 is 0 Å². The number of nitrogens with one attached hydrogen (secondary N) is 1. The van der Waals surface area contributed by atoms with Gasteiger partial charge in [0.1, 0.15) is 0 Å². The third kappa shape index (κ3) is 3.94. The van der Waals surface area contributed by atoms with Crippen molar-refractivity contribution >= 4 is 5.91 Å². The average Bonchev–Trinajstić information content (AvgIpc) is 3.12. The maximum atomic E-state index is 12.8. The minimum absolute atomic E-state index is 0.152. The van der Waals surface area contributed by atoms with Crippen molar-refractivity contribution in [3.8, 4) is 0 Å². The van der Waals surface area contributed by atoms with Crippen molar-refractivity contribution in [2.45, 2.75) is 32.4 Å². The summed E-state index contributed by atoms with van der Waals surface area (Å²) in [7, 11) is 0. The van der Waals surface area contributed by atoms with Crippen LogP contribution in [0.25, 0.3) is 0 Å². The van der Waals surface area contributed by atoms with E-state index in [0.29, 0.717) is 5.56 Å². The molecule has 5 nitrogen and oxygen atoms in total. The minimum atomic E-state index is -0.241. The molecule has 5 heteroatoms.